The van der Waals surface area contributed by atoms with Gasteiger partial charge in [0.1, 0.15) is 5.65 Å². The van der Waals surface area contributed by atoms with E-state index in [1.54, 1.807) is 29.3 Å². The van der Waals surface area contributed by atoms with Crippen molar-refractivity contribution in [2.45, 2.75) is 13.0 Å². The zero-order valence-electron chi connectivity index (χ0n) is 15.0. The second-order valence-electron chi connectivity index (χ2n) is 6.67. The van der Waals surface area contributed by atoms with Crippen molar-refractivity contribution in [3.05, 3.63) is 59.9 Å². The Bertz CT molecular complexity index is 1030. The minimum Gasteiger partial charge on any atom is -0.375 e. The number of primary amides is 1. The number of pyridine rings is 1. The van der Waals surface area contributed by atoms with E-state index >= 15 is 0 Å². The highest BCUT2D eigenvalue weighted by Crippen LogP contribution is 2.21. The SMILES string of the molecule is C[C@@H]1CN(C(=O)c2cnc3c(ccn3-c3cccc(C(N)=O)c3)c2)CCO1. The highest BCUT2D eigenvalue weighted by Gasteiger charge is 2.23. The van der Waals surface area contributed by atoms with Gasteiger partial charge in [-0.2, -0.15) is 0 Å². The van der Waals surface area contributed by atoms with E-state index in [9.17, 15) is 9.59 Å². The lowest BCUT2D eigenvalue weighted by Gasteiger charge is -2.31. The van der Waals surface area contributed by atoms with Gasteiger partial charge in [-0.25, -0.2) is 4.98 Å². The summed E-state index contributed by atoms with van der Waals surface area (Å²) in [6.07, 6.45) is 3.50. The van der Waals surface area contributed by atoms with E-state index in [4.69, 9.17) is 10.5 Å². The smallest absolute Gasteiger partial charge is 0.255 e. The van der Waals surface area contributed by atoms with Crippen molar-refractivity contribution < 1.29 is 14.3 Å². The van der Waals surface area contributed by atoms with Gasteiger partial charge in [-0.1, -0.05) is 6.07 Å². The van der Waals surface area contributed by atoms with Crippen molar-refractivity contribution in [2.75, 3.05) is 19.7 Å². The maximum absolute atomic E-state index is 12.8. The van der Waals surface area contributed by atoms with Crippen LogP contribution in [0.1, 0.15) is 27.6 Å². The summed E-state index contributed by atoms with van der Waals surface area (Å²) in [6.45, 7) is 3.68. The predicted molar refractivity (Wildman–Crippen MR) is 101 cm³/mol. The van der Waals surface area contributed by atoms with Gasteiger partial charge >= 0.3 is 0 Å². The monoisotopic (exact) mass is 364 g/mol. The fraction of sp³-hybridized carbons (Fsp3) is 0.250. The van der Waals surface area contributed by atoms with Crippen molar-refractivity contribution in [2.24, 2.45) is 5.73 Å². The third-order valence-corrected chi connectivity index (χ3v) is 4.71. The Morgan fingerprint density at radius 3 is 2.85 bits per heavy atom. The van der Waals surface area contributed by atoms with Crippen LogP contribution in [0.2, 0.25) is 0 Å². The molecule has 1 fully saturated rings. The van der Waals surface area contributed by atoms with E-state index in [0.29, 0.717) is 36.5 Å². The third-order valence-electron chi connectivity index (χ3n) is 4.71. The normalized spacial score (nSPS) is 17.2. The Balaban J connectivity index is 1.67. The van der Waals surface area contributed by atoms with Gasteiger partial charge in [0.2, 0.25) is 5.91 Å². The summed E-state index contributed by atoms with van der Waals surface area (Å²) >= 11 is 0. The largest absolute Gasteiger partial charge is 0.375 e. The van der Waals surface area contributed by atoms with Crippen LogP contribution in [0.4, 0.5) is 0 Å². The molecule has 0 saturated carbocycles. The Hall–Kier alpha value is -3.19. The van der Waals surface area contributed by atoms with E-state index in [1.165, 1.54) is 0 Å². The highest BCUT2D eigenvalue weighted by molar-refractivity contribution is 5.97. The van der Waals surface area contributed by atoms with Gasteiger partial charge in [0.15, 0.2) is 0 Å². The summed E-state index contributed by atoms with van der Waals surface area (Å²) < 4.78 is 7.37. The number of benzene rings is 1. The molecule has 1 aromatic carbocycles. The average molecular weight is 364 g/mol. The second kappa shape index (κ2) is 6.85. The lowest BCUT2D eigenvalue weighted by atomic mass is 10.2. The van der Waals surface area contributed by atoms with Crippen LogP contribution in [0.15, 0.2) is 48.8 Å². The summed E-state index contributed by atoms with van der Waals surface area (Å²) in [7, 11) is 0. The highest BCUT2D eigenvalue weighted by atomic mass is 16.5. The van der Waals surface area contributed by atoms with Crippen LogP contribution in [-0.2, 0) is 4.74 Å². The first-order valence-electron chi connectivity index (χ1n) is 8.81. The Morgan fingerprint density at radius 2 is 2.07 bits per heavy atom. The van der Waals surface area contributed by atoms with Gasteiger partial charge in [0.05, 0.1) is 18.3 Å². The van der Waals surface area contributed by atoms with Crippen LogP contribution < -0.4 is 5.73 Å². The number of morpholine rings is 1. The van der Waals surface area contributed by atoms with Crippen LogP contribution in [-0.4, -0.2) is 52.1 Å². The molecular weight excluding hydrogens is 344 g/mol. The first-order valence-corrected chi connectivity index (χ1v) is 8.81. The number of hydrogen-bond acceptors (Lipinski definition) is 4. The van der Waals surface area contributed by atoms with E-state index in [2.05, 4.69) is 4.98 Å². The van der Waals surface area contributed by atoms with Crippen LogP contribution in [0, 0.1) is 0 Å². The van der Waals surface area contributed by atoms with Crippen LogP contribution in [0.3, 0.4) is 0 Å². The van der Waals surface area contributed by atoms with E-state index < -0.39 is 5.91 Å². The van der Waals surface area contributed by atoms with Crippen molar-refractivity contribution in [1.82, 2.24) is 14.5 Å². The molecule has 1 atom stereocenters. The molecule has 3 heterocycles. The molecule has 7 nitrogen and oxygen atoms in total. The minimum absolute atomic E-state index is 0.0389. The van der Waals surface area contributed by atoms with E-state index in [0.717, 1.165) is 11.1 Å². The van der Waals surface area contributed by atoms with Gasteiger partial charge in [0, 0.05) is 42.1 Å². The molecule has 4 rings (SSSR count). The lowest BCUT2D eigenvalue weighted by Crippen LogP contribution is -2.44. The molecule has 1 aliphatic rings. The Morgan fingerprint density at radius 1 is 1.22 bits per heavy atom. The number of ether oxygens (including phenoxy) is 1. The zero-order chi connectivity index (χ0) is 19.0. The molecule has 2 amide bonds. The van der Waals surface area contributed by atoms with Crippen LogP contribution in [0.25, 0.3) is 16.7 Å². The molecule has 27 heavy (non-hydrogen) atoms. The summed E-state index contributed by atoms with van der Waals surface area (Å²) in [5.74, 6) is -0.517. The Kier molecular flexibility index (Phi) is 4.37. The van der Waals surface area contributed by atoms with Crippen molar-refractivity contribution in [3.63, 3.8) is 0 Å². The molecule has 7 heteroatoms. The molecule has 2 aromatic heterocycles. The predicted octanol–water partition coefficient (Wildman–Crippen LogP) is 1.99. The quantitative estimate of drug-likeness (QED) is 0.769. The third kappa shape index (κ3) is 3.29. The maximum Gasteiger partial charge on any atom is 0.255 e. The fourth-order valence-corrected chi connectivity index (χ4v) is 3.34. The second-order valence-corrected chi connectivity index (χ2v) is 6.67. The molecule has 1 saturated heterocycles. The van der Waals surface area contributed by atoms with Crippen molar-refractivity contribution >= 4 is 22.8 Å². The molecular formula is C20H20N4O3. The molecule has 138 valence electrons. The lowest BCUT2D eigenvalue weighted by molar-refractivity contribution is -0.0124. The van der Waals surface area contributed by atoms with Gasteiger partial charge in [0.25, 0.3) is 5.91 Å². The first kappa shape index (κ1) is 17.2. The number of hydrogen-bond donors (Lipinski definition) is 1. The van der Waals surface area contributed by atoms with Crippen molar-refractivity contribution in [3.8, 4) is 5.69 Å². The van der Waals surface area contributed by atoms with Gasteiger partial charge < -0.3 is 19.9 Å². The van der Waals surface area contributed by atoms with E-state index in [-0.39, 0.29) is 12.0 Å². The number of fused-ring (bicyclic) bond motifs is 1. The fourth-order valence-electron chi connectivity index (χ4n) is 3.34. The molecule has 3 aromatic rings. The zero-order valence-corrected chi connectivity index (χ0v) is 15.0. The number of nitrogens with two attached hydrogens (primary N) is 1. The molecule has 0 radical (unpaired) electrons. The number of aromatic nitrogens is 2. The number of rotatable bonds is 3. The van der Waals surface area contributed by atoms with Gasteiger partial charge in [-0.3, -0.25) is 9.59 Å². The molecule has 1 aliphatic heterocycles. The summed E-state index contributed by atoms with van der Waals surface area (Å²) in [5.41, 5.74) is 7.85. The van der Waals surface area contributed by atoms with Crippen molar-refractivity contribution in [1.29, 1.82) is 0 Å². The number of carbonyl (C=O) groups is 2. The molecule has 0 unspecified atom stereocenters. The molecule has 0 aliphatic carbocycles. The minimum atomic E-state index is -0.478. The standard InChI is InChI=1S/C20H20N4O3/c1-13-12-23(7-8-27-13)20(26)16-9-15-5-6-24(19(15)22-11-16)17-4-2-3-14(10-17)18(21)25/h2-6,9-11,13H,7-8,12H2,1H3,(H2,21,25)/t13-/m1/s1. The topological polar surface area (TPSA) is 90.5 Å². The number of carbonyl (C=O) groups excluding carboxylic acids is 2. The maximum atomic E-state index is 12.8. The van der Waals surface area contributed by atoms with Crippen LogP contribution in [0.5, 0.6) is 0 Å². The summed E-state index contributed by atoms with van der Waals surface area (Å²) in [4.78, 5) is 30.5. The first-order chi connectivity index (χ1) is 13.0. The average Bonchev–Trinajstić information content (AvgIpc) is 3.10. The number of nitrogens with zero attached hydrogens (tertiary/aromatic N) is 3. The van der Waals surface area contributed by atoms with E-state index in [1.807, 2.05) is 35.9 Å². The molecule has 2 N–H and O–H groups in total. The van der Waals surface area contributed by atoms with Gasteiger partial charge in [-0.05, 0) is 37.3 Å². The van der Waals surface area contributed by atoms with Crippen LogP contribution >= 0.6 is 0 Å². The summed E-state index contributed by atoms with van der Waals surface area (Å²) in [5, 5.41) is 0.853. The number of amides is 2. The Labute approximate surface area is 156 Å². The molecule has 0 bridgehead atoms. The molecule has 0 spiro atoms. The summed E-state index contributed by atoms with van der Waals surface area (Å²) in [6, 6.07) is 10.8. The van der Waals surface area contributed by atoms with Gasteiger partial charge in [-0.15, -0.1) is 0 Å².